The Labute approximate surface area is 142 Å². The van der Waals surface area contributed by atoms with Crippen LogP contribution in [-0.4, -0.2) is 14.2 Å². The highest BCUT2D eigenvalue weighted by Crippen LogP contribution is 2.36. The molecule has 0 unspecified atom stereocenters. The molecule has 0 spiro atoms. The molecule has 0 bridgehead atoms. The number of ether oxygens (including phenoxy) is 2. The Morgan fingerprint density at radius 3 is 2.52 bits per heavy atom. The minimum atomic E-state index is 0.513. The molecule has 112 valence electrons. The monoisotopic (exact) mass is 389 g/mol. The van der Waals surface area contributed by atoms with Gasteiger partial charge in [-0.25, -0.2) is 0 Å². The molecule has 0 fully saturated rings. The van der Waals surface area contributed by atoms with Crippen molar-refractivity contribution in [3.8, 4) is 11.5 Å². The average molecular weight is 391 g/mol. The molecule has 0 atom stereocenters. The predicted molar refractivity (Wildman–Crippen MR) is 91.0 cm³/mol. The van der Waals surface area contributed by atoms with Gasteiger partial charge in [0.15, 0.2) is 11.5 Å². The van der Waals surface area contributed by atoms with E-state index in [0.29, 0.717) is 28.1 Å². The summed E-state index contributed by atoms with van der Waals surface area (Å²) in [5.41, 5.74) is 1.89. The maximum atomic E-state index is 6.19. The Kier molecular flexibility index (Phi) is 5.62. The van der Waals surface area contributed by atoms with Crippen molar-refractivity contribution in [1.29, 1.82) is 0 Å². The van der Waals surface area contributed by atoms with Gasteiger partial charge in [0.25, 0.3) is 0 Å². The summed E-state index contributed by atoms with van der Waals surface area (Å²) in [6.45, 7) is 0.582. The molecule has 0 heterocycles. The molecular formula is C15H14BrCl2NO2. The minimum absolute atomic E-state index is 0.513. The molecule has 0 amide bonds. The summed E-state index contributed by atoms with van der Waals surface area (Å²) in [7, 11) is 3.14. The van der Waals surface area contributed by atoms with Crippen molar-refractivity contribution in [3.63, 3.8) is 0 Å². The van der Waals surface area contributed by atoms with Gasteiger partial charge in [-0.3, -0.25) is 0 Å². The third kappa shape index (κ3) is 3.76. The van der Waals surface area contributed by atoms with Crippen LogP contribution in [-0.2, 0) is 6.54 Å². The van der Waals surface area contributed by atoms with Crippen LogP contribution in [0.1, 0.15) is 5.56 Å². The molecule has 2 aromatic carbocycles. The highest BCUT2D eigenvalue weighted by molar-refractivity contribution is 9.10. The van der Waals surface area contributed by atoms with Gasteiger partial charge in [0.2, 0.25) is 0 Å². The normalized spacial score (nSPS) is 10.3. The lowest BCUT2D eigenvalue weighted by molar-refractivity contribution is 0.355. The molecule has 0 aromatic heterocycles. The molecule has 0 aliphatic rings. The van der Waals surface area contributed by atoms with E-state index in [-0.39, 0.29) is 0 Å². The second-order valence-electron chi connectivity index (χ2n) is 4.27. The molecular weight excluding hydrogens is 377 g/mol. The van der Waals surface area contributed by atoms with Gasteiger partial charge in [-0.2, -0.15) is 0 Å². The van der Waals surface area contributed by atoms with E-state index in [1.54, 1.807) is 14.2 Å². The second kappa shape index (κ2) is 7.25. The molecule has 6 heteroatoms. The van der Waals surface area contributed by atoms with Crippen molar-refractivity contribution in [2.24, 2.45) is 0 Å². The van der Waals surface area contributed by atoms with Gasteiger partial charge in [-0.15, -0.1) is 0 Å². The zero-order chi connectivity index (χ0) is 15.4. The molecule has 1 N–H and O–H groups in total. The van der Waals surface area contributed by atoms with Gasteiger partial charge in [-0.1, -0.05) is 29.3 Å². The van der Waals surface area contributed by atoms with E-state index in [0.717, 1.165) is 15.7 Å². The highest BCUT2D eigenvalue weighted by Gasteiger charge is 2.11. The SMILES string of the molecule is COc1cc(CNc2cccc(Cl)c2Br)cc(Cl)c1OC. The van der Waals surface area contributed by atoms with Gasteiger partial charge in [-0.05, 0) is 45.8 Å². The molecule has 3 nitrogen and oxygen atoms in total. The van der Waals surface area contributed by atoms with E-state index in [1.165, 1.54) is 0 Å². The van der Waals surface area contributed by atoms with Crippen molar-refractivity contribution in [2.75, 3.05) is 19.5 Å². The first-order valence-electron chi connectivity index (χ1n) is 6.15. The standard InChI is InChI=1S/C15H14BrCl2NO2/c1-20-13-7-9(6-11(18)15(13)21-2)8-19-12-5-3-4-10(17)14(12)16/h3-7,19H,8H2,1-2H3. The summed E-state index contributed by atoms with van der Waals surface area (Å²) < 4.78 is 11.3. The largest absolute Gasteiger partial charge is 0.493 e. The van der Waals surface area contributed by atoms with E-state index in [4.69, 9.17) is 32.7 Å². The fourth-order valence-corrected chi connectivity index (χ4v) is 2.80. The molecule has 0 saturated heterocycles. The molecule has 2 aromatic rings. The number of hydrogen-bond acceptors (Lipinski definition) is 3. The number of anilines is 1. The van der Waals surface area contributed by atoms with Crippen LogP contribution in [0.5, 0.6) is 11.5 Å². The number of rotatable bonds is 5. The Balaban J connectivity index is 2.20. The maximum Gasteiger partial charge on any atom is 0.179 e. The van der Waals surface area contributed by atoms with E-state index >= 15 is 0 Å². The summed E-state index contributed by atoms with van der Waals surface area (Å²) in [6, 6.07) is 9.38. The van der Waals surface area contributed by atoms with Crippen LogP contribution in [0.25, 0.3) is 0 Å². The van der Waals surface area contributed by atoms with Crippen molar-refractivity contribution in [3.05, 3.63) is 50.4 Å². The van der Waals surface area contributed by atoms with Crippen LogP contribution in [0.4, 0.5) is 5.69 Å². The zero-order valence-electron chi connectivity index (χ0n) is 11.5. The summed E-state index contributed by atoms with van der Waals surface area (Å²) in [4.78, 5) is 0. The first kappa shape index (κ1) is 16.3. The van der Waals surface area contributed by atoms with Crippen molar-refractivity contribution >= 4 is 44.8 Å². The first-order chi connectivity index (χ1) is 10.1. The number of benzene rings is 2. The van der Waals surface area contributed by atoms with Gasteiger partial charge in [0, 0.05) is 6.54 Å². The van der Waals surface area contributed by atoms with Crippen LogP contribution < -0.4 is 14.8 Å². The lowest BCUT2D eigenvalue weighted by Gasteiger charge is -2.13. The number of halogens is 3. The third-order valence-electron chi connectivity index (χ3n) is 2.93. The Bertz CT molecular complexity index is 650. The lowest BCUT2D eigenvalue weighted by Crippen LogP contribution is -2.01. The molecule has 0 saturated carbocycles. The van der Waals surface area contributed by atoms with Crippen LogP contribution in [0, 0.1) is 0 Å². The van der Waals surface area contributed by atoms with Gasteiger partial charge in [0.05, 0.1) is 34.4 Å². The fourth-order valence-electron chi connectivity index (χ4n) is 1.91. The summed E-state index contributed by atoms with van der Waals surface area (Å²) in [5.74, 6) is 1.14. The third-order valence-corrected chi connectivity index (χ3v) is 4.61. The average Bonchev–Trinajstić information content (AvgIpc) is 2.48. The minimum Gasteiger partial charge on any atom is -0.493 e. The number of nitrogens with one attached hydrogen (secondary N) is 1. The smallest absolute Gasteiger partial charge is 0.179 e. The first-order valence-corrected chi connectivity index (χ1v) is 7.70. The van der Waals surface area contributed by atoms with Crippen molar-refractivity contribution < 1.29 is 9.47 Å². The lowest BCUT2D eigenvalue weighted by atomic mass is 10.2. The number of methoxy groups -OCH3 is 2. The van der Waals surface area contributed by atoms with Crippen LogP contribution in [0.3, 0.4) is 0 Å². The van der Waals surface area contributed by atoms with Gasteiger partial charge >= 0.3 is 0 Å². The van der Waals surface area contributed by atoms with Crippen LogP contribution in [0.15, 0.2) is 34.8 Å². The van der Waals surface area contributed by atoms with Gasteiger partial charge in [0.1, 0.15) is 0 Å². The molecule has 0 aliphatic heterocycles. The van der Waals surface area contributed by atoms with E-state index in [1.807, 2.05) is 30.3 Å². The Morgan fingerprint density at radius 2 is 1.86 bits per heavy atom. The van der Waals surface area contributed by atoms with Gasteiger partial charge < -0.3 is 14.8 Å². The molecule has 2 rings (SSSR count). The highest BCUT2D eigenvalue weighted by atomic mass is 79.9. The van der Waals surface area contributed by atoms with E-state index in [2.05, 4.69) is 21.2 Å². The Hall–Kier alpha value is -1.10. The number of hydrogen-bond donors (Lipinski definition) is 1. The van der Waals surface area contributed by atoms with E-state index < -0.39 is 0 Å². The maximum absolute atomic E-state index is 6.19. The summed E-state index contributed by atoms with van der Waals surface area (Å²) >= 11 is 15.7. The second-order valence-corrected chi connectivity index (χ2v) is 5.88. The van der Waals surface area contributed by atoms with Crippen molar-refractivity contribution in [2.45, 2.75) is 6.54 Å². The molecule has 0 aliphatic carbocycles. The Morgan fingerprint density at radius 1 is 1.10 bits per heavy atom. The molecule has 21 heavy (non-hydrogen) atoms. The molecule has 0 radical (unpaired) electrons. The topological polar surface area (TPSA) is 30.5 Å². The quantitative estimate of drug-likeness (QED) is 0.742. The van der Waals surface area contributed by atoms with E-state index in [9.17, 15) is 0 Å². The summed E-state index contributed by atoms with van der Waals surface area (Å²) in [5, 5.41) is 4.47. The predicted octanol–water partition coefficient (Wildman–Crippen LogP) is 5.39. The van der Waals surface area contributed by atoms with Crippen LogP contribution in [0.2, 0.25) is 10.0 Å². The fraction of sp³-hybridized carbons (Fsp3) is 0.200. The van der Waals surface area contributed by atoms with Crippen molar-refractivity contribution in [1.82, 2.24) is 0 Å². The zero-order valence-corrected chi connectivity index (χ0v) is 14.6. The van der Waals surface area contributed by atoms with Crippen LogP contribution >= 0.6 is 39.1 Å². The summed E-state index contributed by atoms with van der Waals surface area (Å²) in [6.07, 6.45) is 0.